The minimum Gasteiger partial charge on any atom is -0.382 e. The molecule has 0 saturated carbocycles. The molecule has 2 rings (SSSR count). The fraction of sp³-hybridized carbons (Fsp3) is 0.500. The second-order valence-electron chi connectivity index (χ2n) is 3.73. The maximum absolute atomic E-state index is 5.69. The number of hydrogen-bond acceptors (Lipinski definition) is 3. The maximum atomic E-state index is 5.69. The molecule has 1 aromatic carbocycles. The zero-order valence-corrected chi connectivity index (χ0v) is 9.03. The van der Waals surface area contributed by atoms with Gasteiger partial charge >= 0.3 is 0 Å². The summed E-state index contributed by atoms with van der Waals surface area (Å²) in [7, 11) is 1.69. The van der Waals surface area contributed by atoms with E-state index in [1.165, 1.54) is 11.3 Å². The Morgan fingerprint density at radius 3 is 3.07 bits per heavy atom. The summed E-state index contributed by atoms with van der Waals surface area (Å²) in [5, 5.41) is 3.37. The largest absolute Gasteiger partial charge is 0.382 e. The number of hydrogen-bond donors (Lipinski definition) is 1. The second kappa shape index (κ2) is 5.14. The van der Waals surface area contributed by atoms with Gasteiger partial charge in [-0.15, -0.1) is 0 Å². The van der Waals surface area contributed by atoms with Crippen molar-refractivity contribution in [1.29, 1.82) is 0 Å². The van der Waals surface area contributed by atoms with E-state index in [-0.39, 0.29) is 6.10 Å². The first-order valence-electron chi connectivity index (χ1n) is 5.32. The van der Waals surface area contributed by atoms with Crippen molar-refractivity contribution < 1.29 is 9.47 Å². The van der Waals surface area contributed by atoms with Crippen LogP contribution in [-0.2, 0) is 15.9 Å². The highest BCUT2D eigenvalue weighted by molar-refractivity contribution is 5.53. The number of anilines is 1. The van der Waals surface area contributed by atoms with Crippen LogP contribution in [0.2, 0.25) is 0 Å². The standard InChI is InChI=1S/C12H17NO2/c1-14-6-7-15-11-8-10-4-2-3-5-12(10)13-9-11/h2-5,11,13H,6-9H2,1H3. The Kier molecular flexibility index (Phi) is 3.59. The second-order valence-corrected chi connectivity index (χ2v) is 3.73. The Bertz CT molecular complexity index is 314. The Morgan fingerprint density at radius 1 is 1.33 bits per heavy atom. The minimum atomic E-state index is 0.273. The van der Waals surface area contributed by atoms with E-state index in [0.717, 1.165) is 13.0 Å². The van der Waals surface area contributed by atoms with Crippen molar-refractivity contribution in [3.63, 3.8) is 0 Å². The van der Waals surface area contributed by atoms with Crippen LogP contribution in [0.4, 0.5) is 5.69 Å². The number of fused-ring (bicyclic) bond motifs is 1. The fourth-order valence-corrected chi connectivity index (χ4v) is 1.83. The highest BCUT2D eigenvalue weighted by atomic mass is 16.5. The number of ether oxygens (including phenoxy) is 2. The fourth-order valence-electron chi connectivity index (χ4n) is 1.83. The third kappa shape index (κ3) is 2.70. The number of para-hydroxylation sites is 1. The SMILES string of the molecule is COCCOC1CNc2ccccc2C1. The number of methoxy groups -OCH3 is 1. The first-order valence-corrected chi connectivity index (χ1v) is 5.32. The lowest BCUT2D eigenvalue weighted by atomic mass is 10.0. The molecular formula is C12H17NO2. The lowest BCUT2D eigenvalue weighted by molar-refractivity contribution is 0.0226. The highest BCUT2D eigenvalue weighted by Gasteiger charge is 2.17. The number of nitrogens with one attached hydrogen (secondary N) is 1. The van der Waals surface area contributed by atoms with Gasteiger partial charge in [-0.25, -0.2) is 0 Å². The monoisotopic (exact) mass is 207 g/mol. The Morgan fingerprint density at radius 2 is 2.20 bits per heavy atom. The predicted octanol–water partition coefficient (Wildman–Crippen LogP) is 1.69. The van der Waals surface area contributed by atoms with Gasteiger partial charge in [-0.3, -0.25) is 0 Å². The molecule has 0 fully saturated rings. The molecule has 0 aliphatic carbocycles. The molecule has 3 nitrogen and oxygen atoms in total. The smallest absolute Gasteiger partial charge is 0.0789 e. The molecule has 0 amide bonds. The van der Waals surface area contributed by atoms with Crippen molar-refractivity contribution in [2.24, 2.45) is 0 Å². The minimum absolute atomic E-state index is 0.273. The van der Waals surface area contributed by atoms with Gasteiger partial charge in [0.15, 0.2) is 0 Å². The molecule has 1 aliphatic rings. The molecule has 1 atom stereocenters. The first-order chi connectivity index (χ1) is 7.40. The third-order valence-electron chi connectivity index (χ3n) is 2.63. The quantitative estimate of drug-likeness (QED) is 0.762. The van der Waals surface area contributed by atoms with Gasteiger partial charge in [0, 0.05) is 25.8 Å². The summed E-state index contributed by atoms with van der Waals surface area (Å²) < 4.78 is 10.6. The van der Waals surface area contributed by atoms with Gasteiger partial charge in [0.1, 0.15) is 0 Å². The van der Waals surface area contributed by atoms with Crippen LogP contribution in [0.15, 0.2) is 24.3 Å². The van der Waals surface area contributed by atoms with Crippen LogP contribution in [0.5, 0.6) is 0 Å². The molecule has 82 valence electrons. The summed E-state index contributed by atoms with van der Waals surface area (Å²) >= 11 is 0. The molecule has 1 aliphatic heterocycles. The normalized spacial score (nSPS) is 19.4. The molecule has 0 saturated heterocycles. The van der Waals surface area contributed by atoms with Gasteiger partial charge in [-0.1, -0.05) is 18.2 Å². The van der Waals surface area contributed by atoms with Crippen molar-refractivity contribution in [3.05, 3.63) is 29.8 Å². The molecule has 1 N–H and O–H groups in total. The van der Waals surface area contributed by atoms with Crippen molar-refractivity contribution in [2.75, 3.05) is 32.2 Å². The predicted molar refractivity (Wildman–Crippen MR) is 60.3 cm³/mol. The summed E-state index contributed by atoms with van der Waals surface area (Å²) in [6.45, 7) is 2.23. The topological polar surface area (TPSA) is 30.5 Å². The van der Waals surface area contributed by atoms with Gasteiger partial charge in [0.2, 0.25) is 0 Å². The molecule has 0 spiro atoms. The van der Waals surface area contributed by atoms with Crippen LogP contribution >= 0.6 is 0 Å². The average molecular weight is 207 g/mol. The van der Waals surface area contributed by atoms with E-state index in [1.807, 2.05) is 0 Å². The summed E-state index contributed by atoms with van der Waals surface area (Å²) in [6.07, 6.45) is 1.27. The lowest BCUT2D eigenvalue weighted by Gasteiger charge is -2.26. The zero-order valence-electron chi connectivity index (χ0n) is 9.03. The third-order valence-corrected chi connectivity index (χ3v) is 2.63. The van der Waals surface area contributed by atoms with E-state index < -0.39 is 0 Å². The van der Waals surface area contributed by atoms with E-state index in [9.17, 15) is 0 Å². The summed E-state index contributed by atoms with van der Waals surface area (Å²) in [4.78, 5) is 0. The molecule has 1 aromatic rings. The Labute approximate surface area is 90.4 Å². The zero-order chi connectivity index (χ0) is 10.5. The summed E-state index contributed by atoms with van der Waals surface area (Å²) in [5.74, 6) is 0. The highest BCUT2D eigenvalue weighted by Crippen LogP contribution is 2.22. The average Bonchev–Trinajstić information content (AvgIpc) is 2.29. The molecule has 1 heterocycles. The van der Waals surface area contributed by atoms with Crippen LogP contribution < -0.4 is 5.32 Å². The van der Waals surface area contributed by atoms with E-state index in [2.05, 4.69) is 29.6 Å². The summed E-state index contributed by atoms with van der Waals surface area (Å²) in [6, 6.07) is 8.38. The van der Waals surface area contributed by atoms with Crippen LogP contribution in [0.3, 0.4) is 0 Å². The first kappa shape index (κ1) is 10.5. The van der Waals surface area contributed by atoms with Gasteiger partial charge in [-0.05, 0) is 11.6 Å². The van der Waals surface area contributed by atoms with Gasteiger partial charge in [0.25, 0.3) is 0 Å². The molecule has 0 radical (unpaired) electrons. The lowest BCUT2D eigenvalue weighted by Crippen LogP contribution is -2.31. The van der Waals surface area contributed by atoms with E-state index >= 15 is 0 Å². The van der Waals surface area contributed by atoms with Crippen molar-refractivity contribution >= 4 is 5.69 Å². The Balaban J connectivity index is 1.88. The van der Waals surface area contributed by atoms with Crippen LogP contribution in [0, 0.1) is 0 Å². The van der Waals surface area contributed by atoms with Crippen molar-refractivity contribution in [2.45, 2.75) is 12.5 Å². The number of benzene rings is 1. The van der Waals surface area contributed by atoms with E-state index in [0.29, 0.717) is 13.2 Å². The van der Waals surface area contributed by atoms with Crippen LogP contribution in [-0.4, -0.2) is 33.0 Å². The number of rotatable bonds is 4. The molecule has 0 aromatic heterocycles. The maximum Gasteiger partial charge on any atom is 0.0789 e. The van der Waals surface area contributed by atoms with E-state index in [4.69, 9.17) is 9.47 Å². The molecule has 1 unspecified atom stereocenters. The molecular weight excluding hydrogens is 190 g/mol. The van der Waals surface area contributed by atoms with Crippen LogP contribution in [0.1, 0.15) is 5.56 Å². The van der Waals surface area contributed by atoms with Crippen LogP contribution in [0.25, 0.3) is 0 Å². The van der Waals surface area contributed by atoms with Gasteiger partial charge < -0.3 is 14.8 Å². The summed E-state index contributed by atoms with van der Waals surface area (Å²) in [5.41, 5.74) is 2.58. The van der Waals surface area contributed by atoms with Gasteiger partial charge in [0.05, 0.1) is 19.3 Å². The van der Waals surface area contributed by atoms with E-state index in [1.54, 1.807) is 7.11 Å². The molecule has 15 heavy (non-hydrogen) atoms. The van der Waals surface area contributed by atoms with Crippen molar-refractivity contribution in [1.82, 2.24) is 0 Å². The molecule has 3 heteroatoms. The van der Waals surface area contributed by atoms with Gasteiger partial charge in [-0.2, -0.15) is 0 Å². The Hall–Kier alpha value is -1.06. The molecule has 0 bridgehead atoms. The van der Waals surface area contributed by atoms with Crippen molar-refractivity contribution in [3.8, 4) is 0 Å².